The fraction of sp³-hybridized carbons (Fsp3) is 0.571. The largest absolute Gasteiger partial charge is 0.352 e. The van der Waals surface area contributed by atoms with Crippen molar-refractivity contribution in [3.8, 4) is 0 Å². The molecule has 1 aromatic carbocycles. The highest BCUT2D eigenvalue weighted by Crippen LogP contribution is 2.30. The molecule has 0 fully saturated rings. The van der Waals surface area contributed by atoms with E-state index in [4.69, 9.17) is 11.6 Å². The molecule has 1 atom stereocenters. The number of halogens is 1. The fourth-order valence-corrected chi connectivity index (χ4v) is 3.72. The maximum atomic E-state index is 12.8. The van der Waals surface area contributed by atoms with E-state index in [1.807, 2.05) is 24.4 Å². The van der Waals surface area contributed by atoms with E-state index < -0.39 is 0 Å². The van der Waals surface area contributed by atoms with Gasteiger partial charge in [-0.05, 0) is 44.7 Å². The van der Waals surface area contributed by atoms with Crippen LogP contribution in [-0.4, -0.2) is 17.0 Å². The molecule has 0 aliphatic rings. The summed E-state index contributed by atoms with van der Waals surface area (Å²) in [7, 11) is 0. The molecule has 0 aliphatic carbocycles. The molecule has 138 valence electrons. The average Bonchev–Trinajstić information content (AvgIpc) is 2.98. The second kappa shape index (κ2) is 9.28. The molecule has 4 heteroatoms. The molecule has 0 radical (unpaired) electrons. The van der Waals surface area contributed by atoms with Crippen molar-refractivity contribution in [3.63, 3.8) is 0 Å². The summed E-state index contributed by atoms with van der Waals surface area (Å²) in [6, 6.07) is 6.10. The van der Waals surface area contributed by atoms with Crippen molar-refractivity contribution < 1.29 is 4.79 Å². The van der Waals surface area contributed by atoms with Crippen molar-refractivity contribution in [3.05, 3.63) is 35.0 Å². The molecular weight excluding hydrogens is 332 g/mol. The quantitative estimate of drug-likeness (QED) is 0.565. The molecule has 0 saturated carbocycles. The smallest absolute Gasteiger partial charge is 0.253 e. The maximum absolute atomic E-state index is 12.8. The van der Waals surface area contributed by atoms with Gasteiger partial charge in [-0.3, -0.25) is 4.79 Å². The van der Waals surface area contributed by atoms with E-state index in [1.165, 1.54) is 19.3 Å². The summed E-state index contributed by atoms with van der Waals surface area (Å²) in [4.78, 5) is 12.8. The highest BCUT2D eigenvalue weighted by molar-refractivity contribution is 6.36. The summed E-state index contributed by atoms with van der Waals surface area (Å²) in [5.74, 6) is 0.540. The van der Waals surface area contributed by atoms with Crippen molar-refractivity contribution >= 4 is 28.4 Å². The molecule has 0 bridgehead atoms. The highest BCUT2D eigenvalue weighted by Gasteiger charge is 2.19. The predicted molar refractivity (Wildman–Crippen MR) is 108 cm³/mol. The van der Waals surface area contributed by atoms with Crippen LogP contribution >= 0.6 is 11.6 Å². The number of unbranched alkanes of at least 4 members (excludes halogenated alkanes) is 1. The van der Waals surface area contributed by atoms with Gasteiger partial charge in [0.1, 0.15) is 0 Å². The Balaban J connectivity index is 2.21. The summed E-state index contributed by atoms with van der Waals surface area (Å²) in [5.41, 5.74) is 1.70. The molecule has 0 spiro atoms. The first kappa shape index (κ1) is 19.8. The van der Waals surface area contributed by atoms with Gasteiger partial charge in [-0.2, -0.15) is 0 Å². The van der Waals surface area contributed by atoms with Crippen LogP contribution in [0.3, 0.4) is 0 Å². The number of carbonyl (C=O) groups is 1. The van der Waals surface area contributed by atoms with Gasteiger partial charge in [-0.15, -0.1) is 0 Å². The van der Waals surface area contributed by atoms with Gasteiger partial charge in [0.2, 0.25) is 0 Å². The van der Waals surface area contributed by atoms with Crippen LogP contribution in [0.25, 0.3) is 10.9 Å². The van der Waals surface area contributed by atoms with Crippen LogP contribution in [0.2, 0.25) is 5.02 Å². The number of hydrogen-bond donors (Lipinski definition) is 1. The van der Waals surface area contributed by atoms with Gasteiger partial charge in [0.05, 0.1) is 16.1 Å². The van der Waals surface area contributed by atoms with Crippen LogP contribution in [-0.2, 0) is 0 Å². The number of nitrogens with zero attached hydrogens (tertiary/aromatic N) is 1. The fourth-order valence-electron chi connectivity index (χ4n) is 3.45. The number of fused-ring (bicyclic) bond motifs is 1. The zero-order chi connectivity index (χ0) is 18.4. The summed E-state index contributed by atoms with van der Waals surface area (Å²) in [6.07, 6.45) is 7.86. The number of carbonyl (C=O) groups excluding carboxylic acids is 1. The molecule has 1 heterocycles. The Morgan fingerprint density at radius 3 is 2.60 bits per heavy atom. The normalized spacial score (nSPS) is 12.7. The minimum absolute atomic E-state index is 0.0184. The first-order chi connectivity index (χ1) is 12.0. The van der Waals surface area contributed by atoms with E-state index in [9.17, 15) is 4.79 Å². The summed E-state index contributed by atoms with van der Waals surface area (Å²) in [6.45, 7) is 9.39. The molecule has 2 aromatic rings. The Morgan fingerprint density at radius 1 is 1.20 bits per heavy atom. The first-order valence-electron chi connectivity index (χ1n) is 9.56. The van der Waals surface area contributed by atoms with Crippen LogP contribution in [0, 0.1) is 5.92 Å². The topological polar surface area (TPSA) is 34.0 Å². The van der Waals surface area contributed by atoms with E-state index in [-0.39, 0.29) is 11.9 Å². The third-order valence-electron chi connectivity index (χ3n) is 4.82. The Bertz CT molecular complexity index is 705. The summed E-state index contributed by atoms with van der Waals surface area (Å²) >= 11 is 6.41. The van der Waals surface area contributed by atoms with Crippen LogP contribution in [0.15, 0.2) is 24.4 Å². The lowest BCUT2D eigenvalue weighted by molar-refractivity contribution is 0.0946. The number of aromatic nitrogens is 1. The number of amides is 1. The number of benzene rings is 1. The minimum Gasteiger partial charge on any atom is -0.352 e. The molecule has 1 amide bonds. The SMILES string of the molecule is CCCCC(CCC)CNC(=O)c1cn(C(C)C)c2cccc(Cl)c12. The van der Waals surface area contributed by atoms with E-state index >= 15 is 0 Å². The van der Waals surface area contributed by atoms with Crippen LogP contribution in [0.4, 0.5) is 0 Å². The summed E-state index contributed by atoms with van der Waals surface area (Å²) < 4.78 is 2.12. The summed E-state index contributed by atoms with van der Waals surface area (Å²) in [5, 5.41) is 4.65. The number of rotatable bonds is 9. The zero-order valence-corrected chi connectivity index (χ0v) is 16.7. The van der Waals surface area contributed by atoms with E-state index in [0.717, 1.165) is 30.3 Å². The second-order valence-electron chi connectivity index (χ2n) is 7.18. The molecule has 25 heavy (non-hydrogen) atoms. The molecule has 1 N–H and O–H groups in total. The Kier molecular flexibility index (Phi) is 7.37. The van der Waals surface area contributed by atoms with Crippen molar-refractivity contribution in [1.82, 2.24) is 9.88 Å². The second-order valence-corrected chi connectivity index (χ2v) is 7.59. The molecule has 3 nitrogen and oxygen atoms in total. The lowest BCUT2D eigenvalue weighted by Gasteiger charge is -2.16. The molecule has 0 aliphatic heterocycles. The molecule has 0 saturated heterocycles. The molecule has 1 unspecified atom stereocenters. The standard InChI is InChI=1S/C21H31ClN2O/c1-5-7-10-16(9-6-2)13-23-21(25)17-14-24(15(3)4)19-12-8-11-18(22)20(17)19/h8,11-12,14-16H,5-7,9-10,13H2,1-4H3,(H,23,25). The van der Waals surface area contributed by atoms with Crippen LogP contribution in [0.5, 0.6) is 0 Å². The third kappa shape index (κ3) is 4.78. The Labute approximate surface area is 156 Å². The van der Waals surface area contributed by atoms with Gasteiger partial charge in [0.15, 0.2) is 0 Å². The zero-order valence-electron chi connectivity index (χ0n) is 15.9. The highest BCUT2D eigenvalue weighted by atomic mass is 35.5. The molecular formula is C21H31ClN2O. The third-order valence-corrected chi connectivity index (χ3v) is 5.14. The lowest BCUT2D eigenvalue weighted by atomic mass is 9.97. The maximum Gasteiger partial charge on any atom is 0.253 e. The molecule has 1 aromatic heterocycles. The number of hydrogen-bond acceptors (Lipinski definition) is 1. The monoisotopic (exact) mass is 362 g/mol. The van der Waals surface area contributed by atoms with Gasteiger partial charge >= 0.3 is 0 Å². The van der Waals surface area contributed by atoms with Gasteiger partial charge in [-0.25, -0.2) is 0 Å². The van der Waals surface area contributed by atoms with E-state index in [0.29, 0.717) is 16.5 Å². The Morgan fingerprint density at radius 2 is 1.96 bits per heavy atom. The van der Waals surface area contributed by atoms with Gasteiger partial charge in [0, 0.05) is 24.2 Å². The van der Waals surface area contributed by atoms with Gasteiger partial charge in [-0.1, -0.05) is 50.8 Å². The van der Waals surface area contributed by atoms with Gasteiger partial charge < -0.3 is 9.88 Å². The predicted octanol–water partition coefficient (Wildman–Crippen LogP) is 6.21. The van der Waals surface area contributed by atoms with E-state index in [1.54, 1.807) is 0 Å². The minimum atomic E-state index is -0.0184. The lowest BCUT2D eigenvalue weighted by Crippen LogP contribution is -2.29. The Hall–Kier alpha value is -1.48. The number of nitrogens with one attached hydrogen (secondary N) is 1. The first-order valence-corrected chi connectivity index (χ1v) is 9.94. The van der Waals surface area contributed by atoms with Crippen molar-refractivity contribution in [1.29, 1.82) is 0 Å². The van der Waals surface area contributed by atoms with Crippen molar-refractivity contribution in [2.75, 3.05) is 6.54 Å². The molecule has 2 rings (SSSR count). The average molecular weight is 363 g/mol. The van der Waals surface area contributed by atoms with Crippen molar-refractivity contribution in [2.45, 2.75) is 65.8 Å². The van der Waals surface area contributed by atoms with Crippen LogP contribution in [0.1, 0.15) is 76.2 Å². The van der Waals surface area contributed by atoms with E-state index in [2.05, 4.69) is 37.6 Å². The van der Waals surface area contributed by atoms with Crippen molar-refractivity contribution in [2.24, 2.45) is 5.92 Å². The van der Waals surface area contributed by atoms with Gasteiger partial charge in [0.25, 0.3) is 5.91 Å². The van der Waals surface area contributed by atoms with Crippen LogP contribution < -0.4 is 5.32 Å².